The summed E-state index contributed by atoms with van der Waals surface area (Å²) in [6, 6.07) is 6.85. The number of amides is 1. The first-order chi connectivity index (χ1) is 11.5. The molecule has 0 radical (unpaired) electrons. The highest BCUT2D eigenvalue weighted by molar-refractivity contribution is 7.07. The highest BCUT2D eigenvalue weighted by atomic mass is 32.1. The van der Waals surface area contributed by atoms with Crippen molar-refractivity contribution in [3.8, 4) is 11.5 Å². The van der Waals surface area contributed by atoms with Crippen LogP contribution >= 0.6 is 11.3 Å². The second kappa shape index (κ2) is 8.35. The monoisotopic (exact) mass is 349 g/mol. The van der Waals surface area contributed by atoms with Crippen LogP contribution in [0.3, 0.4) is 0 Å². The summed E-state index contributed by atoms with van der Waals surface area (Å²) in [6.45, 7) is 1.53. The molecule has 0 spiro atoms. The quantitative estimate of drug-likeness (QED) is 0.778. The summed E-state index contributed by atoms with van der Waals surface area (Å²) in [4.78, 5) is 24.0. The van der Waals surface area contributed by atoms with Crippen LogP contribution in [0.5, 0.6) is 11.5 Å². The Morgan fingerprint density at radius 1 is 1.17 bits per heavy atom. The van der Waals surface area contributed by atoms with Gasteiger partial charge in [-0.25, -0.2) is 0 Å². The van der Waals surface area contributed by atoms with Crippen LogP contribution in [0, 0.1) is 0 Å². The molecule has 0 aliphatic carbocycles. The third-order valence-electron chi connectivity index (χ3n) is 3.22. The molecule has 0 aliphatic heterocycles. The van der Waals surface area contributed by atoms with Gasteiger partial charge in [0.05, 0.1) is 20.6 Å². The number of esters is 1. The molecule has 2 aromatic rings. The summed E-state index contributed by atoms with van der Waals surface area (Å²) in [6.07, 6.45) is -0.762. The molecule has 0 aliphatic rings. The largest absolute Gasteiger partial charge is 0.497 e. The number of hydrogen-bond donors (Lipinski definition) is 1. The third-order valence-corrected chi connectivity index (χ3v) is 3.96. The number of carbonyl (C=O) groups excluding carboxylic acids is 2. The Kier molecular flexibility index (Phi) is 6.20. The van der Waals surface area contributed by atoms with E-state index in [9.17, 15) is 9.59 Å². The van der Waals surface area contributed by atoms with Crippen LogP contribution in [0.2, 0.25) is 0 Å². The molecule has 0 fully saturated rings. The number of methoxy groups -OCH3 is 2. The SMILES string of the molecule is COc1cc(NC(=O)C(C)OC(=O)Cc2ccsc2)cc(OC)c1. The number of anilines is 1. The number of rotatable bonds is 7. The van der Waals surface area contributed by atoms with Gasteiger partial charge in [0.1, 0.15) is 11.5 Å². The molecule has 2 rings (SSSR count). The van der Waals surface area contributed by atoms with Gasteiger partial charge in [0.2, 0.25) is 0 Å². The Bertz CT molecular complexity index is 677. The maximum absolute atomic E-state index is 12.2. The number of benzene rings is 1. The van der Waals surface area contributed by atoms with Crippen molar-refractivity contribution in [2.45, 2.75) is 19.4 Å². The summed E-state index contributed by atoms with van der Waals surface area (Å²) < 4.78 is 15.5. The van der Waals surface area contributed by atoms with Gasteiger partial charge in [0.25, 0.3) is 5.91 Å². The fourth-order valence-corrected chi connectivity index (χ4v) is 2.64. The lowest BCUT2D eigenvalue weighted by atomic mass is 10.2. The molecular weight excluding hydrogens is 330 g/mol. The van der Waals surface area contributed by atoms with Gasteiger partial charge < -0.3 is 19.5 Å². The van der Waals surface area contributed by atoms with E-state index in [4.69, 9.17) is 14.2 Å². The molecule has 1 unspecified atom stereocenters. The van der Waals surface area contributed by atoms with Gasteiger partial charge in [-0.05, 0) is 29.3 Å². The average molecular weight is 349 g/mol. The zero-order valence-corrected chi connectivity index (χ0v) is 14.5. The molecule has 1 aromatic heterocycles. The van der Waals surface area contributed by atoms with Crippen LogP contribution < -0.4 is 14.8 Å². The molecule has 1 heterocycles. The standard InChI is InChI=1S/C17H19NO5S/c1-11(23-16(19)6-12-4-5-24-10-12)17(20)18-13-7-14(21-2)9-15(8-13)22-3/h4-5,7-11H,6H2,1-3H3,(H,18,20). The van der Waals surface area contributed by atoms with E-state index in [1.807, 2.05) is 16.8 Å². The molecule has 0 saturated heterocycles. The zero-order valence-electron chi connectivity index (χ0n) is 13.7. The summed E-state index contributed by atoms with van der Waals surface area (Å²) in [5.74, 6) is 0.224. The fraction of sp³-hybridized carbons (Fsp3) is 0.294. The first kappa shape index (κ1) is 17.8. The van der Waals surface area contributed by atoms with Gasteiger partial charge in [-0.3, -0.25) is 9.59 Å². The molecule has 1 amide bonds. The first-order valence-corrected chi connectivity index (χ1v) is 8.20. The van der Waals surface area contributed by atoms with Crippen molar-refractivity contribution in [3.63, 3.8) is 0 Å². The van der Waals surface area contributed by atoms with E-state index in [0.717, 1.165) is 5.56 Å². The van der Waals surface area contributed by atoms with Crippen LogP contribution in [0.1, 0.15) is 12.5 Å². The molecular formula is C17H19NO5S. The van der Waals surface area contributed by atoms with E-state index in [-0.39, 0.29) is 6.42 Å². The Labute approximate surface area is 144 Å². The Morgan fingerprint density at radius 3 is 2.38 bits per heavy atom. The molecule has 6 nitrogen and oxygen atoms in total. The van der Waals surface area contributed by atoms with E-state index in [0.29, 0.717) is 17.2 Å². The van der Waals surface area contributed by atoms with Crippen molar-refractivity contribution >= 4 is 28.9 Å². The van der Waals surface area contributed by atoms with Crippen LogP contribution in [0.4, 0.5) is 5.69 Å². The van der Waals surface area contributed by atoms with Gasteiger partial charge in [-0.1, -0.05) is 0 Å². The van der Waals surface area contributed by atoms with Crippen molar-refractivity contribution in [1.29, 1.82) is 0 Å². The predicted molar refractivity (Wildman–Crippen MR) is 91.8 cm³/mol. The van der Waals surface area contributed by atoms with Crippen molar-refractivity contribution in [2.24, 2.45) is 0 Å². The minimum atomic E-state index is -0.909. The van der Waals surface area contributed by atoms with Gasteiger partial charge in [0.15, 0.2) is 6.10 Å². The van der Waals surface area contributed by atoms with E-state index >= 15 is 0 Å². The summed E-state index contributed by atoms with van der Waals surface area (Å²) in [5, 5.41) is 6.43. The van der Waals surface area contributed by atoms with E-state index in [1.54, 1.807) is 18.2 Å². The van der Waals surface area contributed by atoms with Gasteiger partial charge in [-0.15, -0.1) is 0 Å². The van der Waals surface area contributed by atoms with Crippen LogP contribution in [0.25, 0.3) is 0 Å². The van der Waals surface area contributed by atoms with Gasteiger partial charge >= 0.3 is 5.97 Å². The molecule has 1 N–H and O–H groups in total. The normalized spacial score (nSPS) is 11.5. The molecule has 1 aromatic carbocycles. The predicted octanol–water partition coefficient (Wildman–Crippen LogP) is 2.88. The second-order valence-electron chi connectivity index (χ2n) is 5.03. The average Bonchev–Trinajstić information content (AvgIpc) is 3.06. The lowest BCUT2D eigenvalue weighted by Crippen LogP contribution is -2.30. The first-order valence-electron chi connectivity index (χ1n) is 7.26. The van der Waals surface area contributed by atoms with Crippen molar-refractivity contribution in [1.82, 2.24) is 0 Å². The third kappa shape index (κ3) is 4.99. The number of carbonyl (C=O) groups is 2. The number of nitrogens with one attached hydrogen (secondary N) is 1. The van der Waals surface area contributed by atoms with Crippen molar-refractivity contribution in [2.75, 3.05) is 19.5 Å². The molecule has 1 atom stereocenters. The lowest BCUT2D eigenvalue weighted by molar-refractivity contribution is -0.152. The number of ether oxygens (including phenoxy) is 3. The summed E-state index contributed by atoms with van der Waals surface area (Å²) in [7, 11) is 3.05. The van der Waals surface area contributed by atoms with Crippen LogP contribution in [-0.4, -0.2) is 32.2 Å². The maximum atomic E-state index is 12.2. The van der Waals surface area contributed by atoms with E-state index < -0.39 is 18.0 Å². The second-order valence-corrected chi connectivity index (χ2v) is 5.81. The van der Waals surface area contributed by atoms with Crippen molar-refractivity contribution < 1.29 is 23.8 Å². The topological polar surface area (TPSA) is 73.9 Å². The Morgan fingerprint density at radius 2 is 1.83 bits per heavy atom. The van der Waals surface area contributed by atoms with E-state index in [2.05, 4.69) is 5.32 Å². The molecule has 24 heavy (non-hydrogen) atoms. The zero-order chi connectivity index (χ0) is 17.5. The molecule has 128 valence electrons. The molecule has 7 heteroatoms. The minimum Gasteiger partial charge on any atom is -0.497 e. The molecule has 0 saturated carbocycles. The fourth-order valence-electron chi connectivity index (χ4n) is 1.98. The highest BCUT2D eigenvalue weighted by Gasteiger charge is 2.19. The Balaban J connectivity index is 1.94. The summed E-state index contributed by atoms with van der Waals surface area (Å²) in [5.41, 5.74) is 1.37. The van der Waals surface area contributed by atoms with Crippen molar-refractivity contribution in [3.05, 3.63) is 40.6 Å². The lowest BCUT2D eigenvalue weighted by Gasteiger charge is -2.14. The van der Waals surface area contributed by atoms with E-state index in [1.165, 1.54) is 32.5 Å². The highest BCUT2D eigenvalue weighted by Crippen LogP contribution is 2.25. The van der Waals surface area contributed by atoms with Crippen LogP contribution in [-0.2, 0) is 20.7 Å². The smallest absolute Gasteiger partial charge is 0.311 e. The minimum absolute atomic E-state index is 0.147. The number of hydrogen-bond acceptors (Lipinski definition) is 6. The summed E-state index contributed by atoms with van der Waals surface area (Å²) >= 11 is 1.50. The van der Waals surface area contributed by atoms with Gasteiger partial charge in [0, 0.05) is 23.9 Å². The molecule has 0 bridgehead atoms. The maximum Gasteiger partial charge on any atom is 0.311 e. The number of thiophene rings is 1. The van der Waals surface area contributed by atoms with Crippen LogP contribution in [0.15, 0.2) is 35.0 Å². The Hall–Kier alpha value is -2.54. The van der Waals surface area contributed by atoms with Gasteiger partial charge in [-0.2, -0.15) is 11.3 Å².